The Kier molecular flexibility index (Phi) is 6.72. The van der Waals surface area contributed by atoms with Gasteiger partial charge in [-0.3, -0.25) is 0 Å². The number of hydrogen-bond donors (Lipinski definition) is 0. The maximum Gasteiger partial charge on any atom is 0.164 e. The van der Waals surface area contributed by atoms with Crippen molar-refractivity contribution in [3.05, 3.63) is 150 Å². The minimum atomic E-state index is -0.0431. The Bertz CT molecular complexity index is 2700. The Morgan fingerprint density at radius 1 is 0.490 bits per heavy atom. The van der Waals surface area contributed by atoms with Gasteiger partial charge < -0.3 is 4.42 Å². The molecule has 5 nitrogen and oxygen atoms in total. The number of para-hydroxylation sites is 1. The zero-order chi connectivity index (χ0) is 33.9. The molecule has 0 amide bonds. The van der Waals surface area contributed by atoms with Gasteiger partial charge in [-0.2, -0.15) is 5.26 Å². The SMILES string of the molecule is N#Cc1ccc2c(c1)C1(CCCCC1)c1cc(-c3cccc(-c4nc(-c5ccccc5)nc(-c5ccc6oc7ccccc7c6c5)n4)c3)ccc1-2. The highest BCUT2D eigenvalue weighted by Gasteiger charge is 2.44. The zero-order valence-corrected chi connectivity index (χ0v) is 27.9. The number of nitrogens with zero attached hydrogens (tertiary/aromatic N) is 4. The molecule has 1 saturated carbocycles. The smallest absolute Gasteiger partial charge is 0.164 e. The largest absolute Gasteiger partial charge is 0.456 e. The number of nitriles is 1. The van der Waals surface area contributed by atoms with Gasteiger partial charge in [-0.1, -0.05) is 104 Å². The maximum atomic E-state index is 9.75. The molecule has 0 unspecified atom stereocenters. The van der Waals surface area contributed by atoms with Crippen molar-refractivity contribution in [2.75, 3.05) is 0 Å². The van der Waals surface area contributed by atoms with E-state index in [0.29, 0.717) is 17.5 Å². The van der Waals surface area contributed by atoms with Crippen LogP contribution in [0.3, 0.4) is 0 Å². The van der Waals surface area contributed by atoms with Crippen LogP contribution in [-0.2, 0) is 5.41 Å². The predicted octanol–water partition coefficient (Wildman–Crippen LogP) is 11.5. The van der Waals surface area contributed by atoms with E-state index in [2.05, 4.69) is 72.8 Å². The molecule has 0 atom stereocenters. The Hall–Kier alpha value is -6.38. The molecule has 2 aliphatic carbocycles. The normalized spacial score (nSPS) is 14.4. The molecule has 0 aliphatic heterocycles. The first-order valence-electron chi connectivity index (χ1n) is 17.7. The standard InChI is InChI=1S/C46H32N4O/c47-28-29-16-19-35-36-20-17-32(27-40(36)46(39(35)24-29)22-7-2-8-23-46)31-12-9-13-33(25-31)44-48-43(30-10-3-1-4-11-30)49-45(50-44)34-18-21-42-38(26-34)37-14-5-6-15-41(37)51-42/h1,3-6,9-21,24-27H,2,7-8,22-23H2. The molecule has 8 aromatic rings. The molecule has 10 rings (SSSR count). The first-order chi connectivity index (χ1) is 25.2. The van der Waals surface area contributed by atoms with E-state index in [1.807, 2.05) is 66.7 Å². The van der Waals surface area contributed by atoms with Gasteiger partial charge in [-0.15, -0.1) is 0 Å². The summed E-state index contributed by atoms with van der Waals surface area (Å²) in [6.07, 6.45) is 5.88. The molecule has 5 heteroatoms. The number of benzene rings is 6. The van der Waals surface area contributed by atoms with Gasteiger partial charge in [0.2, 0.25) is 0 Å². The van der Waals surface area contributed by atoms with Crippen LogP contribution in [0.5, 0.6) is 0 Å². The monoisotopic (exact) mass is 656 g/mol. The van der Waals surface area contributed by atoms with Gasteiger partial charge in [0.25, 0.3) is 0 Å². The molecule has 0 saturated heterocycles. The minimum Gasteiger partial charge on any atom is -0.456 e. The highest BCUT2D eigenvalue weighted by molar-refractivity contribution is 6.06. The quantitative estimate of drug-likeness (QED) is 0.188. The van der Waals surface area contributed by atoms with Crippen LogP contribution in [0.25, 0.3) is 78.4 Å². The minimum absolute atomic E-state index is 0.0431. The molecule has 1 fully saturated rings. The van der Waals surface area contributed by atoms with Crippen LogP contribution in [-0.4, -0.2) is 15.0 Å². The van der Waals surface area contributed by atoms with Crippen LogP contribution in [0.1, 0.15) is 48.8 Å². The molecule has 1 spiro atoms. The van der Waals surface area contributed by atoms with Crippen molar-refractivity contribution in [2.45, 2.75) is 37.5 Å². The highest BCUT2D eigenvalue weighted by atomic mass is 16.3. The van der Waals surface area contributed by atoms with Crippen LogP contribution < -0.4 is 0 Å². The van der Waals surface area contributed by atoms with Crippen LogP contribution in [0.2, 0.25) is 0 Å². The number of aromatic nitrogens is 3. The van der Waals surface area contributed by atoms with E-state index in [1.165, 1.54) is 47.1 Å². The lowest BCUT2D eigenvalue weighted by molar-refractivity contribution is 0.353. The van der Waals surface area contributed by atoms with Gasteiger partial charge in [-0.25, -0.2) is 15.0 Å². The summed E-state index contributed by atoms with van der Waals surface area (Å²) < 4.78 is 6.11. The fourth-order valence-electron chi connectivity index (χ4n) is 8.49. The molecule has 0 N–H and O–H groups in total. The van der Waals surface area contributed by atoms with Crippen LogP contribution in [0.15, 0.2) is 138 Å². The maximum absolute atomic E-state index is 9.75. The molecular formula is C46H32N4O. The topological polar surface area (TPSA) is 75.6 Å². The Morgan fingerprint density at radius 2 is 1.10 bits per heavy atom. The van der Waals surface area contributed by atoms with Crippen LogP contribution >= 0.6 is 0 Å². The average molecular weight is 657 g/mol. The Labute approximate surface area is 295 Å². The van der Waals surface area contributed by atoms with Crippen molar-refractivity contribution >= 4 is 21.9 Å². The summed E-state index contributed by atoms with van der Waals surface area (Å²) in [5.41, 5.74) is 12.7. The van der Waals surface area contributed by atoms with Crippen LogP contribution in [0, 0.1) is 11.3 Å². The van der Waals surface area contributed by atoms with Gasteiger partial charge in [0.15, 0.2) is 17.5 Å². The van der Waals surface area contributed by atoms with Crippen LogP contribution in [0.4, 0.5) is 0 Å². The molecular weight excluding hydrogens is 625 g/mol. The second-order valence-electron chi connectivity index (χ2n) is 13.8. The molecule has 2 aliphatic rings. The summed E-state index contributed by atoms with van der Waals surface area (Å²) >= 11 is 0. The fourth-order valence-corrected chi connectivity index (χ4v) is 8.49. The third kappa shape index (κ3) is 4.79. The van der Waals surface area contributed by atoms with E-state index in [1.54, 1.807) is 0 Å². The summed E-state index contributed by atoms with van der Waals surface area (Å²) in [7, 11) is 0. The van der Waals surface area contributed by atoms with Crippen molar-refractivity contribution in [1.82, 2.24) is 15.0 Å². The first-order valence-corrected chi connectivity index (χ1v) is 17.7. The van der Waals surface area contributed by atoms with E-state index in [-0.39, 0.29) is 5.41 Å². The number of fused-ring (bicyclic) bond motifs is 8. The Balaban J connectivity index is 1.09. The molecule has 2 heterocycles. The van der Waals surface area contributed by atoms with Gasteiger partial charge in [-0.05, 0) is 94.8 Å². The second kappa shape index (κ2) is 11.6. The zero-order valence-electron chi connectivity index (χ0n) is 27.9. The summed E-state index contributed by atoms with van der Waals surface area (Å²) in [5, 5.41) is 11.9. The van der Waals surface area contributed by atoms with E-state index in [9.17, 15) is 5.26 Å². The van der Waals surface area contributed by atoms with Gasteiger partial charge in [0.1, 0.15) is 11.2 Å². The van der Waals surface area contributed by atoms with Crippen molar-refractivity contribution < 1.29 is 4.42 Å². The van der Waals surface area contributed by atoms with Crippen molar-refractivity contribution in [1.29, 1.82) is 5.26 Å². The molecule has 51 heavy (non-hydrogen) atoms. The number of hydrogen-bond acceptors (Lipinski definition) is 5. The summed E-state index contributed by atoms with van der Waals surface area (Å²) in [6.45, 7) is 0. The summed E-state index contributed by atoms with van der Waals surface area (Å²) in [4.78, 5) is 15.1. The van der Waals surface area contributed by atoms with Crippen molar-refractivity contribution in [2.24, 2.45) is 0 Å². The molecule has 6 aromatic carbocycles. The molecule has 242 valence electrons. The second-order valence-corrected chi connectivity index (χ2v) is 13.8. The first kappa shape index (κ1) is 29.5. The number of rotatable bonds is 4. The fraction of sp³-hybridized carbons (Fsp3) is 0.130. The van der Waals surface area contributed by atoms with E-state index in [0.717, 1.165) is 62.6 Å². The summed E-state index contributed by atoms with van der Waals surface area (Å²) in [6, 6.07) is 48.5. The lowest BCUT2D eigenvalue weighted by Crippen LogP contribution is -2.28. The highest BCUT2D eigenvalue weighted by Crippen LogP contribution is 2.56. The Morgan fingerprint density at radius 3 is 1.90 bits per heavy atom. The van der Waals surface area contributed by atoms with Crippen molar-refractivity contribution in [3.63, 3.8) is 0 Å². The van der Waals surface area contributed by atoms with Crippen molar-refractivity contribution in [3.8, 4) is 62.5 Å². The molecule has 0 bridgehead atoms. The van der Waals surface area contributed by atoms with Gasteiger partial charge in [0.05, 0.1) is 11.6 Å². The average Bonchev–Trinajstić information content (AvgIpc) is 3.70. The molecule has 0 radical (unpaired) electrons. The lowest BCUT2D eigenvalue weighted by atomic mass is 9.67. The van der Waals surface area contributed by atoms with Gasteiger partial charge in [0, 0.05) is 32.9 Å². The predicted molar refractivity (Wildman–Crippen MR) is 203 cm³/mol. The van der Waals surface area contributed by atoms with E-state index in [4.69, 9.17) is 19.4 Å². The number of furan rings is 1. The van der Waals surface area contributed by atoms with Gasteiger partial charge >= 0.3 is 0 Å². The van der Waals surface area contributed by atoms with E-state index < -0.39 is 0 Å². The molecule has 2 aromatic heterocycles. The van der Waals surface area contributed by atoms with E-state index >= 15 is 0 Å². The third-order valence-electron chi connectivity index (χ3n) is 11.0. The summed E-state index contributed by atoms with van der Waals surface area (Å²) in [5.74, 6) is 1.87. The third-order valence-corrected chi connectivity index (χ3v) is 11.0. The lowest BCUT2D eigenvalue weighted by Gasteiger charge is -2.36.